The van der Waals surface area contributed by atoms with E-state index in [1.54, 1.807) is 26.6 Å². The van der Waals surface area contributed by atoms with Gasteiger partial charge in [0.2, 0.25) is 0 Å². The Morgan fingerprint density at radius 3 is 2.32 bits per heavy atom. The fraction of sp³-hybridized carbons (Fsp3) is 0.231. The van der Waals surface area contributed by atoms with E-state index in [0.29, 0.717) is 17.3 Å². The number of benzene rings is 1. The quantitative estimate of drug-likeness (QED) is 0.937. The van der Waals surface area contributed by atoms with Gasteiger partial charge in [0.25, 0.3) is 0 Å². The standard InChI is InChI=1S/C13H14BrN3O2/c1-15-13-12(16-4-5-17-13)8-6-10(18-2)11(19-3)7-9(8)14/h4-7H,1-3H3,(H,15,17). The van der Waals surface area contributed by atoms with E-state index in [1.807, 2.05) is 19.2 Å². The highest BCUT2D eigenvalue weighted by Gasteiger charge is 2.15. The Labute approximate surface area is 120 Å². The average Bonchev–Trinajstić information content (AvgIpc) is 2.46. The molecular weight excluding hydrogens is 310 g/mol. The highest BCUT2D eigenvalue weighted by Crippen LogP contribution is 2.39. The highest BCUT2D eigenvalue weighted by molar-refractivity contribution is 9.10. The number of ether oxygens (including phenoxy) is 2. The first-order valence-electron chi connectivity index (χ1n) is 5.62. The minimum absolute atomic E-state index is 0.647. The molecule has 1 heterocycles. The van der Waals surface area contributed by atoms with Crippen LogP contribution >= 0.6 is 15.9 Å². The van der Waals surface area contributed by atoms with Crippen LogP contribution in [0.2, 0.25) is 0 Å². The van der Waals surface area contributed by atoms with Gasteiger partial charge in [-0.2, -0.15) is 0 Å². The van der Waals surface area contributed by atoms with Crippen LogP contribution in [0.1, 0.15) is 0 Å². The van der Waals surface area contributed by atoms with Crippen molar-refractivity contribution in [2.45, 2.75) is 0 Å². The lowest BCUT2D eigenvalue weighted by Crippen LogP contribution is -1.99. The molecule has 0 saturated carbocycles. The normalized spacial score (nSPS) is 10.1. The van der Waals surface area contributed by atoms with E-state index in [1.165, 1.54) is 0 Å². The van der Waals surface area contributed by atoms with Crippen molar-refractivity contribution in [3.63, 3.8) is 0 Å². The summed E-state index contributed by atoms with van der Waals surface area (Å²) in [6.45, 7) is 0. The highest BCUT2D eigenvalue weighted by atomic mass is 79.9. The monoisotopic (exact) mass is 323 g/mol. The van der Waals surface area contributed by atoms with E-state index in [4.69, 9.17) is 9.47 Å². The van der Waals surface area contributed by atoms with Crippen LogP contribution in [-0.2, 0) is 0 Å². The van der Waals surface area contributed by atoms with Crippen LogP contribution in [0.15, 0.2) is 29.0 Å². The zero-order valence-corrected chi connectivity index (χ0v) is 12.5. The minimum atomic E-state index is 0.647. The van der Waals surface area contributed by atoms with Crippen molar-refractivity contribution in [2.24, 2.45) is 0 Å². The van der Waals surface area contributed by atoms with Crippen molar-refractivity contribution in [3.8, 4) is 22.8 Å². The molecule has 100 valence electrons. The summed E-state index contributed by atoms with van der Waals surface area (Å²) in [5.74, 6) is 2.01. The number of aromatic nitrogens is 2. The predicted octanol–water partition coefficient (Wildman–Crippen LogP) is 2.97. The topological polar surface area (TPSA) is 56.3 Å². The SMILES string of the molecule is CNc1nccnc1-c1cc(OC)c(OC)cc1Br. The molecule has 6 heteroatoms. The van der Waals surface area contributed by atoms with Crippen molar-refractivity contribution < 1.29 is 9.47 Å². The fourth-order valence-electron chi connectivity index (χ4n) is 1.75. The molecule has 0 atom stereocenters. The zero-order valence-electron chi connectivity index (χ0n) is 10.9. The number of methoxy groups -OCH3 is 2. The molecule has 0 unspecified atom stereocenters. The Kier molecular flexibility index (Phi) is 4.21. The van der Waals surface area contributed by atoms with E-state index < -0.39 is 0 Å². The molecule has 0 aliphatic rings. The van der Waals surface area contributed by atoms with Crippen LogP contribution < -0.4 is 14.8 Å². The van der Waals surface area contributed by atoms with Crippen LogP contribution in [0.5, 0.6) is 11.5 Å². The Hall–Kier alpha value is -1.82. The van der Waals surface area contributed by atoms with E-state index in [2.05, 4.69) is 31.2 Å². The third-order valence-corrected chi connectivity index (χ3v) is 3.32. The summed E-state index contributed by atoms with van der Waals surface area (Å²) in [4.78, 5) is 8.61. The molecule has 1 aromatic heterocycles. The molecular formula is C13H14BrN3O2. The molecule has 0 radical (unpaired) electrons. The molecule has 0 bridgehead atoms. The molecule has 0 amide bonds. The van der Waals surface area contributed by atoms with E-state index in [9.17, 15) is 0 Å². The van der Waals surface area contributed by atoms with Gasteiger partial charge in [-0.3, -0.25) is 4.98 Å². The lowest BCUT2D eigenvalue weighted by atomic mass is 10.1. The van der Waals surface area contributed by atoms with Gasteiger partial charge in [0.05, 0.1) is 14.2 Å². The first kappa shape index (κ1) is 13.6. The van der Waals surface area contributed by atoms with Gasteiger partial charge in [-0.25, -0.2) is 4.98 Å². The van der Waals surface area contributed by atoms with Gasteiger partial charge in [0.1, 0.15) is 5.69 Å². The third kappa shape index (κ3) is 2.63. The van der Waals surface area contributed by atoms with Crippen molar-refractivity contribution in [2.75, 3.05) is 26.6 Å². The van der Waals surface area contributed by atoms with E-state index >= 15 is 0 Å². The molecule has 0 aliphatic carbocycles. The fourth-order valence-corrected chi connectivity index (χ4v) is 2.26. The van der Waals surface area contributed by atoms with Crippen LogP contribution in [0, 0.1) is 0 Å². The number of nitrogens with one attached hydrogen (secondary N) is 1. The van der Waals surface area contributed by atoms with Crippen LogP contribution in [-0.4, -0.2) is 31.2 Å². The van der Waals surface area contributed by atoms with E-state index in [-0.39, 0.29) is 0 Å². The van der Waals surface area contributed by atoms with E-state index in [0.717, 1.165) is 15.7 Å². The number of nitrogens with zero attached hydrogens (tertiary/aromatic N) is 2. The Bertz CT molecular complexity index is 590. The Balaban J connectivity index is 2.62. The second-order valence-corrected chi connectivity index (χ2v) is 4.54. The minimum Gasteiger partial charge on any atom is -0.493 e. The van der Waals surface area contributed by atoms with Crippen LogP contribution in [0.4, 0.5) is 5.82 Å². The van der Waals surface area contributed by atoms with Gasteiger partial charge in [0, 0.05) is 29.5 Å². The summed E-state index contributed by atoms with van der Waals surface area (Å²) < 4.78 is 11.4. The van der Waals surface area contributed by atoms with Gasteiger partial charge < -0.3 is 14.8 Å². The number of rotatable bonds is 4. The second kappa shape index (κ2) is 5.88. The Morgan fingerprint density at radius 2 is 1.68 bits per heavy atom. The van der Waals surface area contributed by atoms with Gasteiger partial charge in [-0.1, -0.05) is 0 Å². The summed E-state index contributed by atoms with van der Waals surface area (Å²) in [6.07, 6.45) is 3.29. The first-order chi connectivity index (χ1) is 9.21. The first-order valence-corrected chi connectivity index (χ1v) is 6.41. The number of halogens is 1. The van der Waals surface area contributed by atoms with Gasteiger partial charge in [-0.05, 0) is 28.1 Å². The molecule has 2 rings (SSSR count). The molecule has 0 aliphatic heterocycles. The molecule has 0 spiro atoms. The summed E-state index contributed by atoms with van der Waals surface area (Å²) in [5.41, 5.74) is 1.63. The van der Waals surface area contributed by atoms with Crippen molar-refractivity contribution in [1.29, 1.82) is 0 Å². The number of hydrogen-bond acceptors (Lipinski definition) is 5. The lowest BCUT2D eigenvalue weighted by molar-refractivity contribution is 0.355. The molecule has 5 nitrogen and oxygen atoms in total. The third-order valence-electron chi connectivity index (χ3n) is 2.66. The largest absolute Gasteiger partial charge is 0.493 e. The summed E-state index contributed by atoms with van der Waals surface area (Å²) >= 11 is 3.52. The van der Waals surface area contributed by atoms with Gasteiger partial charge in [0.15, 0.2) is 17.3 Å². The maximum absolute atomic E-state index is 5.31. The maximum atomic E-state index is 5.31. The predicted molar refractivity (Wildman–Crippen MR) is 77.8 cm³/mol. The summed E-state index contributed by atoms with van der Waals surface area (Å²) in [6, 6.07) is 3.72. The van der Waals surface area contributed by atoms with Crippen LogP contribution in [0.25, 0.3) is 11.3 Å². The summed E-state index contributed by atoms with van der Waals surface area (Å²) in [5, 5.41) is 3.02. The molecule has 0 fully saturated rings. The Morgan fingerprint density at radius 1 is 1.05 bits per heavy atom. The molecule has 1 N–H and O–H groups in total. The van der Waals surface area contributed by atoms with Crippen LogP contribution in [0.3, 0.4) is 0 Å². The molecule has 19 heavy (non-hydrogen) atoms. The molecule has 2 aromatic rings. The number of hydrogen-bond donors (Lipinski definition) is 1. The average molecular weight is 324 g/mol. The lowest BCUT2D eigenvalue weighted by Gasteiger charge is -2.13. The van der Waals surface area contributed by atoms with Gasteiger partial charge in [-0.15, -0.1) is 0 Å². The zero-order chi connectivity index (χ0) is 13.8. The van der Waals surface area contributed by atoms with Gasteiger partial charge >= 0.3 is 0 Å². The molecule has 0 saturated heterocycles. The number of anilines is 1. The summed E-state index contributed by atoms with van der Waals surface area (Å²) in [7, 11) is 5.01. The van der Waals surface area contributed by atoms with Crippen molar-refractivity contribution >= 4 is 21.7 Å². The maximum Gasteiger partial charge on any atom is 0.161 e. The molecule has 1 aromatic carbocycles. The second-order valence-electron chi connectivity index (χ2n) is 3.69. The van der Waals surface area contributed by atoms with Crippen molar-refractivity contribution in [1.82, 2.24) is 9.97 Å². The van der Waals surface area contributed by atoms with Crippen molar-refractivity contribution in [3.05, 3.63) is 29.0 Å². The smallest absolute Gasteiger partial charge is 0.161 e.